The van der Waals surface area contributed by atoms with Gasteiger partial charge in [-0.05, 0) is 0 Å². The maximum Gasteiger partial charge on any atom is 0.237 e. The lowest BCUT2D eigenvalue weighted by molar-refractivity contribution is -0.130. The quantitative estimate of drug-likeness (QED) is 0.555. The minimum atomic E-state index is -3.21. The van der Waals surface area contributed by atoms with Crippen molar-refractivity contribution in [3.05, 3.63) is 12.7 Å². The van der Waals surface area contributed by atoms with Crippen LogP contribution in [0.15, 0.2) is 12.7 Å². The number of rotatable bonds is 6. The molecule has 1 fully saturated rings. The van der Waals surface area contributed by atoms with Crippen LogP contribution in [0.2, 0.25) is 0 Å². The molecule has 1 saturated heterocycles. The number of hydrogen-bond acceptors (Lipinski definition) is 5. The van der Waals surface area contributed by atoms with Crippen LogP contribution in [0.1, 0.15) is 6.92 Å². The Morgan fingerprint density at radius 1 is 1.61 bits per heavy atom. The summed E-state index contributed by atoms with van der Waals surface area (Å²) in [7, 11) is -3.21. The highest BCUT2D eigenvalue weighted by Gasteiger charge is 2.35. The van der Waals surface area contributed by atoms with Gasteiger partial charge in [-0.3, -0.25) is 4.79 Å². The molecule has 1 amide bonds. The smallest absolute Gasteiger partial charge is 0.237 e. The molecule has 0 aromatic heterocycles. The van der Waals surface area contributed by atoms with Gasteiger partial charge in [-0.25, -0.2) is 8.42 Å². The number of carbonyl (C=O) groups excluding carboxylic acids is 1. The van der Waals surface area contributed by atoms with Crippen molar-refractivity contribution in [3.63, 3.8) is 0 Å². The second kappa shape index (κ2) is 7.16. The van der Waals surface area contributed by atoms with Crippen molar-refractivity contribution < 1.29 is 13.2 Å². The molecule has 1 atom stereocenters. The predicted molar refractivity (Wildman–Crippen MR) is 75.4 cm³/mol. The van der Waals surface area contributed by atoms with Gasteiger partial charge in [0.05, 0.1) is 6.54 Å². The van der Waals surface area contributed by atoms with Crippen LogP contribution in [0.4, 0.5) is 0 Å². The molecule has 1 aliphatic rings. The summed E-state index contributed by atoms with van der Waals surface area (Å²) in [6.45, 7) is 6.37. The van der Waals surface area contributed by atoms with Gasteiger partial charge in [-0.2, -0.15) is 11.8 Å². The summed E-state index contributed by atoms with van der Waals surface area (Å²) in [6.07, 6.45) is 1.67. The van der Waals surface area contributed by atoms with E-state index in [1.54, 1.807) is 24.8 Å². The molecule has 0 bridgehead atoms. The summed E-state index contributed by atoms with van der Waals surface area (Å²) in [4.78, 5) is 13.5. The van der Waals surface area contributed by atoms with Gasteiger partial charge >= 0.3 is 0 Å². The van der Waals surface area contributed by atoms with E-state index in [4.69, 9.17) is 0 Å². The molecule has 7 heteroatoms. The fourth-order valence-electron chi connectivity index (χ4n) is 1.74. The molecule has 5 nitrogen and oxygen atoms in total. The van der Waals surface area contributed by atoms with Crippen LogP contribution in [0.3, 0.4) is 0 Å². The van der Waals surface area contributed by atoms with Gasteiger partial charge in [0.25, 0.3) is 0 Å². The second-order valence-electron chi connectivity index (χ2n) is 3.99. The number of amides is 1. The van der Waals surface area contributed by atoms with E-state index < -0.39 is 15.2 Å². The summed E-state index contributed by atoms with van der Waals surface area (Å²) in [5.74, 6) is 1.19. The largest absolute Gasteiger partial charge is 0.323 e. The van der Waals surface area contributed by atoms with Crippen molar-refractivity contribution in [1.82, 2.24) is 10.2 Å². The first-order valence-electron chi connectivity index (χ1n) is 5.93. The lowest BCUT2D eigenvalue weighted by Crippen LogP contribution is -2.52. The molecule has 1 N–H and O–H groups in total. The topological polar surface area (TPSA) is 66.5 Å². The van der Waals surface area contributed by atoms with E-state index in [1.807, 2.05) is 0 Å². The SMILES string of the molecule is C=CCNCC(=O)N1CCSCC1S(=O)(=O)CC. The first kappa shape index (κ1) is 15.5. The van der Waals surface area contributed by atoms with Gasteiger partial charge < -0.3 is 10.2 Å². The Morgan fingerprint density at radius 2 is 2.33 bits per heavy atom. The van der Waals surface area contributed by atoms with Crippen LogP contribution in [-0.4, -0.2) is 61.5 Å². The molecule has 104 valence electrons. The maximum absolute atomic E-state index is 12.0. The summed E-state index contributed by atoms with van der Waals surface area (Å²) < 4.78 is 23.9. The third kappa shape index (κ3) is 4.00. The third-order valence-corrected chi connectivity index (χ3v) is 6.08. The van der Waals surface area contributed by atoms with Crippen LogP contribution in [0, 0.1) is 0 Å². The van der Waals surface area contributed by atoms with Crippen LogP contribution in [0.5, 0.6) is 0 Å². The lowest BCUT2D eigenvalue weighted by Gasteiger charge is -2.34. The summed E-state index contributed by atoms with van der Waals surface area (Å²) >= 11 is 1.59. The molecule has 1 aliphatic heterocycles. The highest BCUT2D eigenvalue weighted by atomic mass is 32.2. The molecule has 1 heterocycles. The average Bonchev–Trinajstić information content (AvgIpc) is 2.39. The molecule has 0 aromatic carbocycles. The van der Waals surface area contributed by atoms with Crippen molar-refractivity contribution >= 4 is 27.5 Å². The molecule has 0 aliphatic carbocycles. The Morgan fingerprint density at radius 3 is 2.94 bits per heavy atom. The van der Waals surface area contributed by atoms with E-state index in [0.29, 0.717) is 18.8 Å². The molecule has 0 aromatic rings. The number of carbonyl (C=O) groups is 1. The summed E-state index contributed by atoms with van der Waals surface area (Å²) in [6, 6.07) is 0. The van der Waals surface area contributed by atoms with E-state index in [-0.39, 0.29) is 18.2 Å². The zero-order chi connectivity index (χ0) is 13.6. The number of hydrogen-bond donors (Lipinski definition) is 1. The second-order valence-corrected chi connectivity index (χ2v) is 7.58. The first-order chi connectivity index (χ1) is 8.53. The molecule has 18 heavy (non-hydrogen) atoms. The van der Waals surface area contributed by atoms with Gasteiger partial charge in [-0.15, -0.1) is 6.58 Å². The maximum atomic E-state index is 12.0. The van der Waals surface area contributed by atoms with E-state index >= 15 is 0 Å². The number of sulfone groups is 1. The van der Waals surface area contributed by atoms with Crippen LogP contribution >= 0.6 is 11.8 Å². The van der Waals surface area contributed by atoms with E-state index in [1.165, 1.54) is 4.90 Å². The summed E-state index contributed by atoms with van der Waals surface area (Å²) in [5, 5.41) is 2.24. The molecule has 1 unspecified atom stereocenters. The van der Waals surface area contributed by atoms with Crippen molar-refractivity contribution in [1.29, 1.82) is 0 Å². The monoisotopic (exact) mass is 292 g/mol. The fourth-order valence-corrected chi connectivity index (χ4v) is 4.73. The predicted octanol–water partition coefficient (Wildman–Crippen LogP) is 0.0982. The van der Waals surface area contributed by atoms with Gasteiger partial charge in [0, 0.05) is 30.3 Å². The molecule has 1 rings (SSSR count). The van der Waals surface area contributed by atoms with E-state index in [2.05, 4.69) is 11.9 Å². The van der Waals surface area contributed by atoms with Crippen molar-refractivity contribution in [2.45, 2.75) is 12.3 Å². The molecule has 0 saturated carbocycles. The minimum Gasteiger partial charge on any atom is -0.323 e. The number of nitrogens with one attached hydrogen (secondary N) is 1. The average molecular weight is 292 g/mol. The molecule has 0 spiro atoms. The Bertz CT molecular complexity index is 395. The molecular formula is C11H20N2O3S2. The van der Waals surface area contributed by atoms with E-state index in [9.17, 15) is 13.2 Å². The first-order valence-corrected chi connectivity index (χ1v) is 8.80. The van der Waals surface area contributed by atoms with Crippen LogP contribution in [-0.2, 0) is 14.6 Å². The fraction of sp³-hybridized carbons (Fsp3) is 0.727. The zero-order valence-corrected chi connectivity index (χ0v) is 12.2. The Hall–Kier alpha value is -0.530. The zero-order valence-electron chi connectivity index (χ0n) is 10.6. The number of nitrogens with zero attached hydrogens (tertiary/aromatic N) is 1. The van der Waals surface area contributed by atoms with Crippen molar-refractivity contribution in [2.75, 3.05) is 36.9 Å². The van der Waals surface area contributed by atoms with Crippen LogP contribution in [0.25, 0.3) is 0 Å². The van der Waals surface area contributed by atoms with Gasteiger partial charge in [0.15, 0.2) is 9.84 Å². The number of thioether (sulfide) groups is 1. The van der Waals surface area contributed by atoms with Crippen molar-refractivity contribution in [2.24, 2.45) is 0 Å². The summed E-state index contributed by atoms with van der Waals surface area (Å²) in [5.41, 5.74) is 0. The van der Waals surface area contributed by atoms with Gasteiger partial charge in [-0.1, -0.05) is 13.0 Å². The van der Waals surface area contributed by atoms with E-state index in [0.717, 1.165) is 5.75 Å². The van der Waals surface area contributed by atoms with Crippen LogP contribution < -0.4 is 5.32 Å². The standard InChI is InChI=1S/C11H20N2O3S2/c1-3-5-12-8-10(14)13-6-7-17-9-11(13)18(15,16)4-2/h3,11-12H,1,4-9H2,2H3. The Kier molecular flexibility index (Phi) is 6.17. The van der Waals surface area contributed by atoms with Gasteiger partial charge in [0.1, 0.15) is 5.37 Å². The Labute approximate surface area is 113 Å². The van der Waals surface area contributed by atoms with Gasteiger partial charge in [0.2, 0.25) is 5.91 Å². The molecular weight excluding hydrogens is 272 g/mol. The highest BCUT2D eigenvalue weighted by Crippen LogP contribution is 2.21. The molecule has 0 radical (unpaired) electrons. The highest BCUT2D eigenvalue weighted by molar-refractivity contribution is 8.01. The normalized spacial score (nSPS) is 20.7. The van der Waals surface area contributed by atoms with Crippen molar-refractivity contribution in [3.8, 4) is 0 Å². The minimum absolute atomic E-state index is 0.0715. The lowest BCUT2D eigenvalue weighted by atomic mass is 10.4. The third-order valence-electron chi connectivity index (χ3n) is 2.79. The Balaban J connectivity index is 2.70.